The van der Waals surface area contributed by atoms with Crippen LogP contribution >= 0.6 is 0 Å². The SMILES string of the molecule is CC(C)n1ccnc(NCC(O)C(F)F)c1=O. The maximum absolute atomic E-state index is 12.0. The summed E-state index contributed by atoms with van der Waals surface area (Å²) in [5.74, 6) is -0.0408. The van der Waals surface area contributed by atoms with Crippen molar-refractivity contribution in [3.63, 3.8) is 0 Å². The topological polar surface area (TPSA) is 67.2 Å². The number of aliphatic hydroxyl groups excluding tert-OH is 1. The summed E-state index contributed by atoms with van der Waals surface area (Å²) in [6.07, 6.45) is -1.75. The molecule has 1 unspecified atom stereocenters. The highest BCUT2D eigenvalue weighted by molar-refractivity contribution is 5.31. The van der Waals surface area contributed by atoms with Crippen molar-refractivity contribution < 1.29 is 13.9 Å². The van der Waals surface area contributed by atoms with E-state index in [-0.39, 0.29) is 11.9 Å². The Morgan fingerprint density at radius 3 is 2.71 bits per heavy atom. The molecule has 0 saturated heterocycles. The molecule has 1 rings (SSSR count). The minimum atomic E-state index is -2.85. The standard InChI is InChI=1S/C10H15F2N3O2/c1-6(2)15-4-3-13-9(10(15)17)14-5-7(16)8(11)12/h3-4,6-8,16H,5H2,1-2H3,(H,13,14). The summed E-state index contributed by atoms with van der Waals surface area (Å²) < 4.78 is 25.5. The van der Waals surface area contributed by atoms with Crippen molar-refractivity contribution in [3.8, 4) is 0 Å². The highest BCUT2D eigenvalue weighted by Gasteiger charge is 2.17. The predicted octanol–water partition coefficient (Wildman–Crippen LogP) is 0.862. The molecule has 7 heteroatoms. The minimum Gasteiger partial charge on any atom is -0.385 e. The van der Waals surface area contributed by atoms with Gasteiger partial charge in [-0.1, -0.05) is 0 Å². The molecule has 1 aromatic heterocycles. The molecule has 0 fully saturated rings. The number of aliphatic hydroxyl groups is 1. The summed E-state index contributed by atoms with van der Waals surface area (Å²) in [6, 6.07) is -0.0499. The molecule has 1 heterocycles. The number of nitrogens with zero attached hydrogens (tertiary/aromatic N) is 2. The number of nitrogens with one attached hydrogen (secondary N) is 1. The van der Waals surface area contributed by atoms with Gasteiger partial charge in [-0.3, -0.25) is 4.79 Å². The van der Waals surface area contributed by atoms with Crippen LogP contribution in [0.4, 0.5) is 14.6 Å². The van der Waals surface area contributed by atoms with Crippen LogP contribution in [0, 0.1) is 0 Å². The number of hydrogen-bond donors (Lipinski definition) is 2. The summed E-state index contributed by atoms with van der Waals surface area (Å²) in [5, 5.41) is 11.3. The molecule has 2 N–H and O–H groups in total. The maximum Gasteiger partial charge on any atom is 0.293 e. The Morgan fingerprint density at radius 1 is 1.53 bits per heavy atom. The average molecular weight is 247 g/mol. The van der Waals surface area contributed by atoms with Crippen LogP contribution in [0.25, 0.3) is 0 Å². The monoisotopic (exact) mass is 247 g/mol. The summed E-state index contributed by atoms with van der Waals surface area (Å²) >= 11 is 0. The van der Waals surface area contributed by atoms with E-state index in [2.05, 4.69) is 10.3 Å². The second-order valence-electron chi connectivity index (χ2n) is 3.86. The van der Waals surface area contributed by atoms with E-state index in [1.807, 2.05) is 13.8 Å². The number of hydrogen-bond acceptors (Lipinski definition) is 4. The molecule has 0 radical (unpaired) electrons. The van der Waals surface area contributed by atoms with Crippen LogP contribution in [-0.2, 0) is 0 Å². The van der Waals surface area contributed by atoms with Gasteiger partial charge in [0.2, 0.25) is 0 Å². The second-order valence-corrected chi connectivity index (χ2v) is 3.86. The molecule has 1 atom stereocenters. The van der Waals surface area contributed by atoms with E-state index in [4.69, 9.17) is 5.11 Å². The van der Waals surface area contributed by atoms with Gasteiger partial charge in [-0.05, 0) is 13.8 Å². The molecule has 0 bridgehead atoms. The van der Waals surface area contributed by atoms with E-state index in [0.29, 0.717) is 0 Å². The summed E-state index contributed by atoms with van der Waals surface area (Å²) in [7, 11) is 0. The van der Waals surface area contributed by atoms with Gasteiger partial charge in [-0.2, -0.15) is 0 Å². The zero-order valence-corrected chi connectivity index (χ0v) is 9.60. The fourth-order valence-corrected chi connectivity index (χ4v) is 1.24. The summed E-state index contributed by atoms with van der Waals surface area (Å²) in [5.41, 5.74) is -0.399. The second kappa shape index (κ2) is 5.72. The van der Waals surface area contributed by atoms with Gasteiger partial charge in [0, 0.05) is 25.0 Å². The highest BCUT2D eigenvalue weighted by atomic mass is 19.3. The van der Waals surface area contributed by atoms with Crippen LogP contribution in [0.2, 0.25) is 0 Å². The molecule has 0 aromatic carbocycles. The Kier molecular flexibility index (Phi) is 4.56. The number of alkyl halides is 2. The van der Waals surface area contributed by atoms with Crippen LogP contribution < -0.4 is 10.9 Å². The van der Waals surface area contributed by atoms with E-state index in [1.54, 1.807) is 0 Å². The van der Waals surface area contributed by atoms with E-state index >= 15 is 0 Å². The van der Waals surface area contributed by atoms with E-state index < -0.39 is 24.6 Å². The van der Waals surface area contributed by atoms with Gasteiger partial charge in [-0.25, -0.2) is 13.8 Å². The molecular formula is C10H15F2N3O2. The van der Waals surface area contributed by atoms with Crippen molar-refractivity contribution in [1.82, 2.24) is 9.55 Å². The third-order valence-corrected chi connectivity index (χ3v) is 2.19. The van der Waals surface area contributed by atoms with Crippen molar-refractivity contribution in [2.45, 2.75) is 32.4 Å². The zero-order valence-electron chi connectivity index (χ0n) is 9.60. The van der Waals surface area contributed by atoms with Crippen LogP contribution in [-0.4, -0.2) is 33.7 Å². The highest BCUT2D eigenvalue weighted by Crippen LogP contribution is 2.03. The van der Waals surface area contributed by atoms with Crippen molar-refractivity contribution in [1.29, 1.82) is 0 Å². The van der Waals surface area contributed by atoms with Gasteiger partial charge in [0.05, 0.1) is 0 Å². The lowest BCUT2D eigenvalue weighted by molar-refractivity contribution is 0.00379. The molecule has 17 heavy (non-hydrogen) atoms. The lowest BCUT2D eigenvalue weighted by Gasteiger charge is -2.13. The van der Waals surface area contributed by atoms with E-state index in [1.165, 1.54) is 17.0 Å². The number of rotatable bonds is 5. The quantitative estimate of drug-likeness (QED) is 0.810. The molecule has 0 aliphatic heterocycles. The Labute approximate surface area is 97.1 Å². The first-order valence-electron chi connectivity index (χ1n) is 5.20. The van der Waals surface area contributed by atoms with Gasteiger partial charge in [0.1, 0.15) is 6.10 Å². The van der Waals surface area contributed by atoms with Gasteiger partial charge < -0.3 is 15.0 Å². The third-order valence-electron chi connectivity index (χ3n) is 2.19. The lowest BCUT2D eigenvalue weighted by atomic mass is 10.3. The van der Waals surface area contributed by atoms with Crippen LogP contribution in [0.5, 0.6) is 0 Å². The Bertz CT molecular complexity index is 420. The van der Waals surface area contributed by atoms with Crippen molar-refractivity contribution in [2.24, 2.45) is 0 Å². The molecule has 0 amide bonds. The molecule has 0 spiro atoms. The summed E-state index contributed by atoms with van der Waals surface area (Å²) in [4.78, 5) is 15.5. The van der Waals surface area contributed by atoms with Crippen LogP contribution in [0.3, 0.4) is 0 Å². The first-order valence-corrected chi connectivity index (χ1v) is 5.20. The van der Waals surface area contributed by atoms with Crippen molar-refractivity contribution >= 4 is 5.82 Å². The molecule has 96 valence electrons. The Morgan fingerprint density at radius 2 is 2.18 bits per heavy atom. The number of anilines is 1. The fourth-order valence-electron chi connectivity index (χ4n) is 1.24. The lowest BCUT2D eigenvalue weighted by Crippen LogP contribution is -2.31. The zero-order chi connectivity index (χ0) is 13.0. The maximum atomic E-state index is 12.0. The van der Waals surface area contributed by atoms with Crippen molar-refractivity contribution in [2.75, 3.05) is 11.9 Å². The molecular weight excluding hydrogens is 232 g/mol. The molecule has 5 nitrogen and oxygen atoms in total. The van der Waals surface area contributed by atoms with E-state index in [0.717, 1.165) is 0 Å². The van der Waals surface area contributed by atoms with E-state index in [9.17, 15) is 13.6 Å². The first-order chi connectivity index (χ1) is 7.93. The largest absolute Gasteiger partial charge is 0.385 e. The van der Waals surface area contributed by atoms with Crippen molar-refractivity contribution in [3.05, 3.63) is 22.7 Å². The molecule has 1 aromatic rings. The summed E-state index contributed by atoms with van der Waals surface area (Å²) in [6.45, 7) is 3.22. The number of aromatic nitrogens is 2. The first kappa shape index (κ1) is 13.6. The van der Waals surface area contributed by atoms with Crippen LogP contribution in [0.15, 0.2) is 17.2 Å². The predicted molar refractivity (Wildman–Crippen MR) is 59.4 cm³/mol. The molecule has 0 aliphatic rings. The fraction of sp³-hybridized carbons (Fsp3) is 0.600. The number of halogens is 2. The average Bonchev–Trinajstić information content (AvgIpc) is 2.26. The third kappa shape index (κ3) is 3.48. The normalized spacial score (nSPS) is 13.1. The van der Waals surface area contributed by atoms with Crippen LogP contribution in [0.1, 0.15) is 19.9 Å². The Balaban J connectivity index is 2.79. The smallest absolute Gasteiger partial charge is 0.293 e. The van der Waals surface area contributed by atoms with Gasteiger partial charge in [-0.15, -0.1) is 0 Å². The van der Waals surface area contributed by atoms with Gasteiger partial charge in [0.25, 0.3) is 12.0 Å². The minimum absolute atomic E-state index is 0.0408. The molecule has 0 saturated carbocycles. The molecule has 0 aliphatic carbocycles. The van der Waals surface area contributed by atoms with Gasteiger partial charge >= 0.3 is 0 Å². The van der Waals surface area contributed by atoms with Gasteiger partial charge in [0.15, 0.2) is 5.82 Å². The Hall–Kier alpha value is -1.50.